The maximum absolute atomic E-state index is 12.9. The highest BCUT2D eigenvalue weighted by molar-refractivity contribution is 7.93. The fourth-order valence-electron chi connectivity index (χ4n) is 4.06. The van der Waals surface area contributed by atoms with Gasteiger partial charge < -0.3 is 19.1 Å². The number of carbonyl (C=O) groups excluding carboxylic acids is 1. The number of methoxy groups -OCH3 is 1. The van der Waals surface area contributed by atoms with Crippen molar-refractivity contribution < 1.29 is 27.4 Å². The third kappa shape index (κ3) is 2.42. The van der Waals surface area contributed by atoms with Crippen molar-refractivity contribution in [2.75, 3.05) is 45.8 Å². The minimum absolute atomic E-state index is 0.0594. The lowest BCUT2D eigenvalue weighted by Gasteiger charge is -2.49. The molecule has 0 bridgehead atoms. The van der Waals surface area contributed by atoms with Crippen LogP contribution in [0.2, 0.25) is 0 Å². The first-order valence-electron chi connectivity index (χ1n) is 8.38. The molecule has 25 heavy (non-hydrogen) atoms. The Morgan fingerprint density at radius 1 is 1.32 bits per heavy atom. The van der Waals surface area contributed by atoms with Crippen molar-refractivity contribution in [2.24, 2.45) is 5.92 Å². The van der Waals surface area contributed by atoms with Gasteiger partial charge in [-0.2, -0.15) is 0 Å². The molecular formula is C17H21NO6S. The number of para-hydroxylation sites is 1. The predicted octanol–water partition coefficient (Wildman–Crippen LogP) is 0.734. The number of hydrogen-bond donors (Lipinski definition) is 0. The van der Waals surface area contributed by atoms with E-state index in [1.807, 2.05) is 0 Å². The van der Waals surface area contributed by atoms with E-state index in [9.17, 15) is 13.2 Å². The standard InChI is InChI=1S/C17H21NO6S/c1-22-9-12-5-8-25(20,21)17(12)10-18(11-17)16(19)13-3-2-4-14-15(13)24-7-6-23-14/h2-4,12H,5-11H2,1H3. The van der Waals surface area contributed by atoms with Gasteiger partial charge in [0.05, 0.1) is 17.9 Å². The van der Waals surface area contributed by atoms with E-state index in [0.29, 0.717) is 43.3 Å². The van der Waals surface area contributed by atoms with Crippen LogP contribution in [0.25, 0.3) is 0 Å². The Bertz CT molecular complexity index is 799. The minimum atomic E-state index is -3.22. The molecule has 3 heterocycles. The van der Waals surface area contributed by atoms with E-state index < -0.39 is 14.6 Å². The van der Waals surface area contributed by atoms with Gasteiger partial charge >= 0.3 is 0 Å². The van der Waals surface area contributed by atoms with Crippen LogP contribution in [0.4, 0.5) is 0 Å². The second-order valence-electron chi connectivity index (χ2n) is 6.82. The number of ether oxygens (including phenoxy) is 3. The smallest absolute Gasteiger partial charge is 0.257 e. The number of nitrogens with zero attached hydrogens (tertiary/aromatic N) is 1. The van der Waals surface area contributed by atoms with E-state index >= 15 is 0 Å². The Balaban J connectivity index is 1.57. The van der Waals surface area contributed by atoms with Crippen LogP contribution in [0.5, 0.6) is 11.5 Å². The summed E-state index contributed by atoms with van der Waals surface area (Å²) in [7, 11) is -1.64. The van der Waals surface area contributed by atoms with Crippen LogP contribution in [0.3, 0.4) is 0 Å². The zero-order valence-corrected chi connectivity index (χ0v) is 14.9. The number of sulfone groups is 1. The maximum Gasteiger partial charge on any atom is 0.257 e. The van der Waals surface area contributed by atoms with Crippen LogP contribution in [0.15, 0.2) is 18.2 Å². The summed E-state index contributed by atoms with van der Waals surface area (Å²) < 4.78 is 40.6. The topological polar surface area (TPSA) is 82.1 Å². The monoisotopic (exact) mass is 367 g/mol. The van der Waals surface area contributed by atoms with Crippen molar-refractivity contribution in [1.29, 1.82) is 0 Å². The largest absolute Gasteiger partial charge is 0.486 e. The van der Waals surface area contributed by atoms with Crippen LogP contribution in [-0.2, 0) is 14.6 Å². The van der Waals surface area contributed by atoms with Gasteiger partial charge in [0.15, 0.2) is 21.3 Å². The van der Waals surface area contributed by atoms with Gasteiger partial charge in [-0.3, -0.25) is 4.79 Å². The Morgan fingerprint density at radius 2 is 2.08 bits per heavy atom. The fourth-order valence-corrected chi connectivity index (χ4v) is 6.47. The summed E-state index contributed by atoms with van der Waals surface area (Å²) in [5, 5.41) is 0. The average Bonchev–Trinajstić information content (AvgIpc) is 2.83. The summed E-state index contributed by atoms with van der Waals surface area (Å²) in [4.78, 5) is 14.5. The Morgan fingerprint density at radius 3 is 2.84 bits per heavy atom. The first kappa shape index (κ1) is 16.7. The molecule has 0 radical (unpaired) electrons. The Labute approximate surface area is 146 Å². The van der Waals surface area contributed by atoms with Gasteiger partial charge in [0.1, 0.15) is 18.0 Å². The van der Waals surface area contributed by atoms with Crippen molar-refractivity contribution >= 4 is 15.7 Å². The molecular weight excluding hydrogens is 346 g/mol. The lowest BCUT2D eigenvalue weighted by atomic mass is 9.83. The van der Waals surface area contributed by atoms with Crippen molar-refractivity contribution in [3.8, 4) is 11.5 Å². The molecule has 1 spiro atoms. The molecule has 1 unspecified atom stereocenters. The van der Waals surface area contributed by atoms with E-state index in [-0.39, 0.29) is 30.7 Å². The molecule has 1 aromatic carbocycles. The average molecular weight is 367 g/mol. The fraction of sp³-hybridized carbons (Fsp3) is 0.588. The number of hydrogen-bond acceptors (Lipinski definition) is 6. The minimum Gasteiger partial charge on any atom is -0.486 e. The normalized spacial score (nSPS) is 25.6. The summed E-state index contributed by atoms with van der Waals surface area (Å²) in [5.41, 5.74) is 0.422. The van der Waals surface area contributed by atoms with Crippen LogP contribution < -0.4 is 9.47 Å². The predicted molar refractivity (Wildman–Crippen MR) is 89.8 cm³/mol. The van der Waals surface area contributed by atoms with Crippen molar-refractivity contribution in [3.05, 3.63) is 23.8 Å². The van der Waals surface area contributed by atoms with Gasteiger partial charge in [0, 0.05) is 26.1 Å². The van der Waals surface area contributed by atoms with E-state index in [2.05, 4.69) is 0 Å². The first-order valence-corrected chi connectivity index (χ1v) is 10.0. The Kier molecular flexibility index (Phi) is 3.92. The van der Waals surface area contributed by atoms with Crippen LogP contribution in [-0.4, -0.2) is 69.7 Å². The second-order valence-corrected chi connectivity index (χ2v) is 9.27. The van der Waals surface area contributed by atoms with Crippen molar-refractivity contribution in [2.45, 2.75) is 11.2 Å². The van der Waals surface area contributed by atoms with Crippen molar-refractivity contribution in [1.82, 2.24) is 4.90 Å². The number of fused-ring (bicyclic) bond motifs is 1. The second kappa shape index (κ2) is 5.88. The lowest BCUT2D eigenvalue weighted by Crippen LogP contribution is -2.68. The number of amides is 1. The molecule has 8 heteroatoms. The zero-order chi connectivity index (χ0) is 17.7. The number of likely N-dealkylation sites (tertiary alicyclic amines) is 1. The molecule has 0 aliphatic carbocycles. The molecule has 3 aliphatic heterocycles. The highest BCUT2D eigenvalue weighted by atomic mass is 32.2. The van der Waals surface area contributed by atoms with E-state index in [1.54, 1.807) is 30.2 Å². The van der Waals surface area contributed by atoms with Crippen LogP contribution in [0.1, 0.15) is 16.8 Å². The molecule has 0 saturated carbocycles. The zero-order valence-electron chi connectivity index (χ0n) is 14.1. The highest BCUT2D eigenvalue weighted by Gasteiger charge is 2.62. The molecule has 1 aromatic rings. The SMILES string of the molecule is COCC1CCS(=O)(=O)C12CN(C(=O)c1cccc3c1OCCO3)C2. The summed E-state index contributed by atoms with van der Waals surface area (Å²) in [6, 6.07) is 5.20. The first-order chi connectivity index (χ1) is 12.0. The lowest BCUT2D eigenvalue weighted by molar-refractivity contribution is 0.0331. The molecule has 2 saturated heterocycles. The van der Waals surface area contributed by atoms with Gasteiger partial charge in [-0.25, -0.2) is 8.42 Å². The van der Waals surface area contributed by atoms with Gasteiger partial charge in [0.25, 0.3) is 5.91 Å². The van der Waals surface area contributed by atoms with Gasteiger partial charge in [-0.05, 0) is 18.6 Å². The quantitative estimate of drug-likeness (QED) is 0.784. The van der Waals surface area contributed by atoms with E-state index in [1.165, 1.54) is 0 Å². The molecule has 1 amide bonds. The molecule has 136 valence electrons. The number of carbonyl (C=O) groups is 1. The third-order valence-electron chi connectivity index (χ3n) is 5.47. The summed E-state index contributed by atoms with van der Waals surface area (Å²) in [6.45, 7) is 1.68. The third-order valence-corrected chi connectivity index (χ3v) is 8.07. The maximum atomic E-state index is 12.9. The summed E-state index contributed by atoms with van der Waals surface area (Å²) in [5.74, 6) is 0.892. The molecule has 2 fully saturated rings. The molecule has 3 aliphatic rings. The number of rotatable bonds is 3. The van der Waals surface area contributed by atoms with Crippen LogP contribution in [0, 0.1) is 5.92 Å². The van der Waals surface area contributed by atoms with Gasteiger partial charge in [-0.15, -0.1) is 0 Å². The highest BCUT2D eigenvalue weighted by Crippen LogP contribution is 2.46. The van der Waals surface area contributed by atoms with Gasteiger partial charge in [0.2, 0.25) is 0 Å². The molecule has 1 atom stereocenters. The number of benzene rings is 1. The van der Waals surface area contributed by atoms with Crippen molar-refractivity contribution in [3.63, 3.8) is 0 Å². The molecule has 0 N–H and O–H groups in total. The molecule has 7 nitrogen and oxygen atoms in total. The molecule has 4 rings (SSSR count). The molecule has 0 aromatic heterocycles. The Hall–Kier alpha value is -1.80. The summed E-state index contributed by atoms with van der Waals surface area (Å²) in [6.07, 6.45) is 0.593. The van der Waals surface area contributed by atoms with Gasteiger partial charge in [-0.1, -0.05) is 6.07 Å². The van der Waals surface area contributed by atoms with E-state index in [4.69, 9.17) is 14.2 Å². The summed E-state index contributed by atoms with van der Waals surface area (Å²) >= 11 is 0. The van der Waals surface area contributed by atoms with E-state index in [0.717, 1.165) is 0 Å². The van der Waals surface area contributed by atoms with Crippen LogP contribution >= 0.6 is 0 Å².